The average molecular weight is 306 g/mol. The zero-order valence-electron chi connectivity index (χ0n) is 12.7. The smallest absolute Gasteiger partial charge is 0.312 e. The summed E-state index contributed by atoms with van der Waals surface area (Å²) < 4.78 is 0. The van der Waals surface area contributed by atoms with Gasteiger partial charge in [0.15, 0.2) is 0 Å². The normalized spacial score (nSPS) is 25.6. The number of aliphatic hydroxyl groups is 1. The van der Waals surface area contributed by atoms with Crippen LogP contribution in [0.15, 0.2) is 30.3 Å². The number of carbonyl (C=O) groups excluding carboxylic acids is 1. The van der Waals surface area contributed by atoms with E-state index in [1.807, 2.05) is 30.3 Å². The van der Waals surface area contributed by atoms with Crippen LogP contribution >= 0.6 is 0 Å². The van der Waals surface area contributed by atoms with Gasteiger partial charge in [-0.3, -0.25) is 14.5 Å². The van der Waals surface area contributed by atoms with Crippen LogP contribution in [0.2, 0.25) is 0 Å². The molecular weight excluding hydrogens is 284 g/mol. The largest absolute Gasteiger partial charge is 0.481 e. The van der Waals surface area contributed by atoms with Crippen molar-refractivity contribution in [2.45, 2.75) is 18.9 Å². The summed E-state index contributed by atoms with van der Waals surface area (Å²) in [4.78, 5) is 25.0. The molecule has 0 radical (unpaired) electrons. The molecule has 1 aromatic rings. The van der Waals surface area contributed by atoms with E-state index in [0.29, 0.717) is 13.0 Å². The Hall–Kier alpha value is -1.92. The average Bonchev–Trinajstić information content (AvgIpc) is 2.50. The van der Waals surface area contributed by atoms with Crippen molar-refractivity contribution < 1.29 is 19.8 Å². The number of amides is 1. The molecule has 6 nitrogen and oxygen atoms in total. The molecule has 6 heteroatoms. The lowest BCUT2D eigenvalue weighted by Crippen LogP contribution is -2.57. The Balaban J connectivity index is 2.12. The minimum Gasteiger partial charge on any atom is -0.481 e. The Kier molecular flexibility index (Phi) is 5.15. The maximum Gasteiger partial charge on any atom is 0.312 e. The number of likely N-dealkylation sites (N-methyl/N-ethyl adjacent to an activating group) is 1. The minimum absolute atomic E-state index is 0.141. The number of piperidine rings is 1. The van der Waals surface area contributed by atoms with Gasteiger partial charge in [-0.15, -0.1) is 0 Å². The Morgan fingerprint density at radius 3 is 2.59 bits per heavy atom. The number of aliphatic carboxylic acids is 1. The lowest BCUT2D eigenvalue weighted by molar-refractivity contribution is -0.163. The summed E-state index contributed by atoms with van der Waals surface area (Å²) in [6.45, 7) is 0.838. The predicted molar refractivity (Wildman–Crippen MR) is 81.3 cm³/mol. The summed E-state index contributed by atoms with van der Waals surface area (Å²) in [5, 5.41) is 22.7. The van der Waals surface area contributed by atoms with E-state index in [1.165, 1.54) is 0 Å². The third-order valence-corrected chi connectivity index (χ3v) is 4.38. The monoisotopic (exact) mass is 306 g/mol. The number of hydrogen-bond acceptors (Lipinski definition) is 4. The number of β-amino-alcohol motifs (C(OH)–C–C–N with tert-alkyl or cyclic N) is 1. The second kappa shape index (κ2) is 6.89. The van der Waals surface area contributed by atoms with Gasteiger partial charge in [0.2, 0.25) is 5.91 Å². The first-order valence-electron chi connectivity index (χ1n) is 7.36. The van der Waals surface area contributed by atoms with E-state index in [-0.39, 0.29) is 25.4 Å². The Labute approximate surface area is 129 Å². The van der Waals surface area contributed by atoms with Crippen molar-refractivity contribution in [1.82, 2.24) is 10.2 Å². The van der Waals surface area contributed by atoms with Crippen LogP contribution in [0.4, 0.5) is 0 Å². The number of carboxylic acid groups (broad SMARTS) is 1. The van der Waals surface area contributed by atoms with E-state index in [2.05, 4.69) is 5.32 Å². The molecule has 1 aromatic carbocycles. The molecule has 0 aromatic heterocycles. The van der Waals surface area contributed by atoms with Crippen LogP contribution in [-0.4, -0.2) is 59.8 Å². The van der Waals surface area contributed by atoms with E-state index in [1.54, 1.807) is 11.9 Å². The molecule has 1 amide bonds. The van der Waals surface area contributed by atoms with Gasteiger partial charge in [0.1, 0.15) is 5.41 Å². The van der Waals surface area contributed by atoms with Crippen molar-refractivity contribution in [2.24, 2.45) is 5.41 Å². The third kappa shape index (κ3) is 3.45. The highest BCUT2D eigenvalue weighted by molar-refractivity contribution is 5.78. The van der Waals surface area contributed by atoms with Crippen LogP contribution in [0.25, 0.3) is 0 Å². The molecular formula is C16H22N2O4. The number of aliphatic hydroxyl groups excluding tert-OH is 1. The summed E-state index contributed by atoms with van der Waals surface area (Å²) >= 11 is 0. The van der Waals surface area contributed by atoms with Crippen molar-refractivity contribution in [1.29, 1.82) is 0 Å². The fraction of sp³-hybridized carbons (Fsp3) is 0.500. The lowest BCUT2D eigenvalue weighted by Gasteiger charge is -2.42. The molecule has 0 aliphatic carbocycles. The molecule has 2 rings (SSSR count). The number of benzene rings is 1. The SMILES string of the molecule is CNC(=O)CN1CC[C@](Cc2ccccc2)(C(=O)O)[C@@H](O)C1. The van der Waals surface area contributed by atoms with Crippen molar-refractivity contribution in [2.75, 3.05) is 26.7 Å². The van der Waals surface area contributed by atoms with Gasteiger partial charge in [-0.25, -0.2) is 0 Å². The summed E-state index contributed by atoms with van der Waals surface area (Å²) in [7, 11) is 1.56. The number of rotatable bonds is 5. The first kappa shape index (κ1) is 16.5. The number of carbonyl (C=O) groups is 2. The lowest BCUT2D eigenvalue weighted by atomic mass is 9.71. The van der Waals surface area contributed by atoms with Gasteiger partial charge >= 0.3 is 5.97 Å². The van der Waals surface area contributed by atoms with Crippen molar-refractivity contribution in [3.05, 3.63) is 35.9 Å². The molecule has 0 saturated carbocycles. The van der Waals surface area contributed by atoms with Gasteiger partial charge < -0.3 is 15.5 Å². The first-order valence-corrected chi connectivity index (χ1v) is 7.36. The molecule has 1 heterocycles. The van der Waals surface area contributed by atoms with Crippen LogP contribution < -0.4 is 5.32 Å². The summed E-state index contributed by atoms with van der Waals surface area (Å²) in [6.07, 6.45) is -0.406. The molecule has 0 unspecified atom stereocenters. The predicted octanol–water partition coefficient (Wildman–Crippen LogP) is 0.113. The maximum atomic E-state index is 11.8. The highest BCUT2D eigenvalue weighted by Crippen LogP contribution is 2.35. The third-order valence-electron chi connectivity index (χ3n) is 4.38. The fourth-order valence-electron chi connectivity index (χ4n) is 2.95. The summed E-state index contributed by atoms with van der Waals surface area (Å²) in [5.41, 5.74) is -0.302. The van der Waals surface area contributed by atoms with Gasteiger partial charge in [0.25, 0.3) is 0 Å². The van der Waals surface area contributed by atoms with Gasteiger partial charge in [0, 0.05) is 13.6 Å². The molecule has 3 N–H and O–H groups in total. The topological polar surface area (TPSA) is 89.9 Å². The zero-order valence-corrected chi connectivity index (χ0v) is 12.7. The Morgan fingerprint density at radius 1 is 1.36 bits per heavy atom. The summed E-state index contributed by atoms with van der Waals surface area (Å²) in [5.74, 6) is -1.12. The molecule has 120 valence electrons. The van der Waals surface area contributed by atoms with Crippen molar-refractivity contribution in [3.8, 4) is 0 Å². The number of hydrogen-bond donors (Lipinski definition) is 3. The molecule has 2 atom stereocenters. The molecule has 1 aliphatic rings. The molecule has 1 aliphatic heterocycles. The second-order valence-corrected chi connectivity index (χ2v) is 5.80. The molecule has 0 spiro atoms. The van der Waals surface area contributed by atoms with E-state index in [0.717, 1.165) is 5.56 Å². The maximum absolute atomic E-state index is 11.8. The van der Waals surface area contributed by atoms with Gasteiger partial charge in [0.05, 0.1) is 12.6 Å². The number of nitrogens with zero attached hydrogens (tertiary/aromatic N) is 1. The summed E-state index contributed by atoms with van der Waals surface area (Å²) in [6, 6.07) is 9.33. The molecule has 1 fully saturated rings. The van der Waals surface area contributed by atoms with E-state index in [4.69, 9.17) is 0 Å². The van der Waals surface area contributed by atoms with Crippen molar-refractivity contribution >= 4 is 11.9 Å². The number of nitrogens with one attached hydrogen (secondary N) is 1. The number of likely N-dealkylation sites (tertiary alicyclic amines) is 1. The molecule has 22 heavy (non-hydrogen) atoms. The number of carboxylic acids is 1. The van der Waals surface area contributed by atoms with Crippen LogP contribution in [0.5, 0.6) is 0 Å². The highest BCUT2D eigenvalue weighted by Gasteiger charge is 2.48. The van der Waals surface area contributed by atoms with Crippen LogP contribution in [0.3, 0.4) is 0 Å². The Morgan fingerprint density at radius 2 is 2.05 bits per heavy atom. The van der Waals surface area contributed by atoms with Gasteiger partial charge in [-0.05, 0) is 24.9 Å². The van der Waals surface area contributed by atoms with E-state index >= 15 is 0 Å². The zero-order chi connectivity index (χ0) is 16.2. The highest BCUT2D eigenvalue weighted by atomic mass is 16.4. The van der Waals surface area contributed by atoms with Crippen LogP contribution in [0.1, 0.15) is 12.0 Å². The molecule has 1 saturated heterocycles. The van der Waals surface area contributed by atoms with Crippen LogP contribution in [-0.2, 0) is 16.0 Å². The van der Waals surface area contributed by atoms with Crippen molar-refractivity contribution in [3.63, 3.8) is 0 Å². The molecule has 0 bridgehead atoms. The van der Waals surface area contributed by atoms with E-state index < -0.39 is 17.5 Å². The van der Waals surface area contributed by atoms with Gasteiger partial charge in [-0.2, -0.15) is 0 Å². The van der Waals surface area contributed by atoms with Crippen LogP contribution in [0, 0.1) is 5.41 Å². The van der Waals surface area contributed by atoms with Gasteiger partial charge in [-0.1, -0.05) is 30.3 Å². The fourth-order valence-corrected chi connectivity index (χ4v) is 2.95. The second-order valence-electron chi connectivity index (χ2n) is 5.80. The van der Waals surface area contributed by atoms with E-state index in [9.17, 15) is 19.8 Å². The quantitative estimate of drug-likeness (QED) is 0.718. The Bertz CT molecular complexity index is 534. The minimum atomic E-state index is -1.19. The standard InChI is InChI=1S/C16H22N2O4/c1-17-14(20)11-18-8-7-16(15(21)22,13(19)10-18)9-12-5-3-2-4-6-12/h2-6,13,19H,7-11H2,1H3,(H,17,20)(H,21,22)/t13-,16+/m0/s1. The first-order chi connectivity index (χ1) is 10.5.